The largest absolute Gasteiger partial charge is 0.481 e. The molecule has 6 nitrogen and oxygen atoms in total. The second-order valence-corrected chi connectivity index (χ2v) is 5.39. The predicted octanol–water partition coefficient (Wildman–Crippen LogP) is 1.36. The van der Waals surface area contributed by atoms with Gasteiger partial charge >= 0.3 is 5.97 Å². The minimum Gasteiger partial charge on any atom is -0.481 e. The Kier molecular flexibility index (Phi) is 4.76. The van der Waals surface area contributed by atoms with Gasteiger partial charge in [0.05, 0.1) is 11.6 Å². The van der Waals surface area contributed by atoms with Crippen LogP contribution in [0.15, 0.2) is 6.07 Å². The normalized spacial score (nSPS) is 19.6. The summed E-state index contributed by atoms with van der Waals surface area (Å²) in [4.78, 5) is 24.9. The van der Waals surface area contributed by atoms with Gasteiger partial charge in [0.1, 0.15) is 0 Å². The molecule has 1 aliphatic heterocycles. The van der Waals surface area contributed by atoms with Crippen LogP contribution in [0.5, 0.6) is 0 Å². The zero-order chi connectivity index (χ0) is 14.5. The van der Waals surface area contributed by atoms with Crippen molar-refractivity contribution in [2.24, 2.45) is 5.92 Å². The van der Waals surface area contributed by atoms with Crippen molar-refractivity contribution >= 4 is 11.9 Å². The Morgan fingerprint density at radius 1 is 1.45 bits per heavy atom. The lowest BCUT2D eigenvalue weighted by Crippen LogP contribution is -2.32. The van der Waals surface area contributed by atoms with E-state index in [1.165, 1.54) is 0 Å². The molecule has 0 aliphatic carbocycles. The number of rotatable bonds is 4. The Hall–Kier alpha value is -1.85. The first kappa shape index (κ1) is 14.6. The van der Waals surface area contributed by atoms with Gasteiger partial charge in [-0.3, -0.25) is 14.7 Å². The third-order valence-electron chi connectivity index (χ3n) is 3.78. The van der Waals surface area contributed by atoms with Crippen molar-refractivity contribution in [3.05, 3.63) is 17.5 Å². The van der Waals surface area contributed by atoms with Gasteiger partial charge in [-0.15, -0.1) is 0 Å². The summed E-state index contributed by atoms with van der Waals surface area (Å²) in [7, 11) is 0. The molecule has 6 heteroatoms. The number of carbonyl (C=O) groups is 2. The second-order valence-electron chi connectivity index (χ2n) is 5.39. The number of carbonyl (C=O) groups excluding carboxylic acids is 1. The van der Waals surface area contributed by atoms with E-state index in [1.807, 2.05) is 13.0 Å². The summed E-state index contributed by atoms with van der Waals surface area (Å²) in [6.07, 6.45) is 3.05. The van der Waals surface area contributed by atoms with Gasteiger partial charge in [0, 0.05) is 31.6 Å². The van der Waals surface area contributed by atoms with Gasteiger partial charge in [0.25, 0.3) is 0 Å². The number of amides is 1. The second kappa shape index (κ2) is 6.54. The minimum absolute atomic E-state index is 0.0942. The van der Waals surface area contributed by atoms with Gasteiger partial charge in [0.15, 0.2) is 0 Å². The number of nitrogens with one attached hydrogen (secondary N) is 1. The van der Waals surface area contributed by atoms with E-state index in [0.717, 1.165) is 17.8 Å². The predicted molar refractivity (Wildman–Crippen MR) is 73.2 cm³/mol. The quantitative estimate of drug-likeness (QED) is 0.871. The molecule has 0 radical (unpaired) electrons. The maximum absolute atomic E-state index is 12.1. The van der Waals surface area contributed by atoms with Crippen molar-refractivity contribution in [1.82, 2.24) is 15.1 Å². The number of aromatic amines is 1. The lowest BCUT2D eigenvalue weighted by atomic mass is 10.0. The van der Waals surface area contributed by atoms with Crippen LogP contribution in [0, 0.1) is 12.8 Å². The standard InChI is InChI=1S/C14H21N3O3/c1-10-9-12(16-15-10)4-5-13(18)17-7-2-3-11(6-8-17)14(19)20/h9,11H,2-8H2,1H3,(H,15,16)(H,19,20). The van der Waals surface area contributed by atoms with E-state index in [1.54, 1.807) is 4.90 Å². The Bertz CT molecular complexity index is 484. The molecule has 1 amide bonds. The monoisotopic (exact) mass is 279 g/mol. The summed E-state index contributed by atoms with van der Waals surface area (Å²) in [6.45, 7) is 3.15. The van der Waals surface area contributed by atoms with Crippen LogP contribution in [0.2, 0.25) is 0 Å². The highest BCUT2D eigenvalue weighted by Crippen LogP contribution is 2.18. The molecular formula is C14H21N3O3. The van der Waals surface area contributed by atoms with Gasteiger partial charge in [-0.1, -0.05) is 0 Å². The molecule has 1 unspecified atom stereocenters. The molecule has 1 atom stereocenters. The molecule has 20 heavy (non-hydrogen) atoms. The van der Waals surface area contributed by atoms with Gasteiger partial charge < -0.3 is 10.0 Å². The van der Waals surface area contributed by atoms with Crippen molar-refractivity contribution in [2.75, 3.05) is 13.1 Å². The highest BCUT2D eigenvalue weighted by atomic mass is 16.4. The van der Waals surface area contributed by atoms with Gasteiger partial charge in [-0.2, -0.15) is 5.10 Å². The lowest BCUT2D eigenvalue weighted by molar-refractivity contribution is -0.142. The molecule has 1 aromatic rings. The number of hydrogen-bond donors (Lipinski definition) is 2. The number of aliphatic carboxylic acids is 1. The summed E-state index contributed by atoms with van der Waals surface area (Å²) in [5.74, 6) is -0.954. The average Bonchev–Trinajstić information content (AvgIpc) is 2.68. The molecule has 1 saturated heterocycles. The lowest BCUT2D eigenvalue weighted by Gasteiger charge is -2.20. The van der Waals surface area contributed by atoms with Gasteiger partial charge in [0.2, 0.25) is 5.91 Å². The molecule has 2 heterocycles. The van der Waals surface area contributed by atoms with Crippen molar-refractivity contribution in [3.63, 3.8) is 0 Å². The minimum atomic E-state index is -0.744. The van der Waals surface area contributed by atoms with Crippen LogP contribution in [0.25, 0.3) is 0 Å². The molecule has 2 N–H and O–H groups in total. The molecule has 1 fully saturated rings. The van der Waals surface area contributed by atoms with Crippen molar-refractivity contribution in [2.45, 2.75) is 39.0 Å². The first-order chi connectivity index (χ1) is 9.56. The van der Waals surface area contributed by atoms with Crippen molar-refractivity contribution in [1.29, 1.82) is 0 Å². The number of H-pyrrole nitrogens is 1. The number of carboxylic acid groups (broad SMARTS) is 1. The fraction of sp³-hybridized carbons (Fsp3) is 0.643. The van der Waals surface area contributed by atoms with Crippen LogP contribution >= 0.6 is 0 Å². The number of hydrogen-bond acceptors (Lipinski definition) is 3. The Morgan fingerprint density at radius 3 is 2.90 bits per heavy atom. The highest BCUT2D eigenvalue weighted by molar-refractivity contribution is 5.76. The maximum atomic E-state index is 12.1. The summed E-state index contributed by atoms with van der Waals surface area (Å²) < 4.78 is 0. The van der Waals surface area contributed by atoms with Crippen molar-refractivity contribution in [3.8, 4) is 0 Å². The molecule has 1 aromatic heterocycles. The zero-order valence-corrected chi connectivity index (χ0v) is 11.8. The number of likely N-dealkylation sites (tertiary alicyclic amines) is 1. The Morgan fingerprint density at radius 2 is 2.25 bits per heavy atom. The van der Waals surface area contributed by atoms with Crippen molar-refractivity contribution < 1.29 is 14.7 Å². The molecule has 1 aliphatic rings. The molecule has 2 rings (SSSR count). The van der Waals surface area contributed by atoms with Crippen LogP contribution < -0.4 is 0 Å². The van der Waals surface area contributed by atoms with Crippen LogP contribution in [-0.4, -0.2) is 45.2 Å². The summed E-state index contributed by atoms with van der Waals surface area (Å²) in [6, 6.07) is 1.94. The fourth-order valence-electron chi connectivity index (χ4n) is 2.59. The average molecular weight is 279 g/mol. The first-order valence-electron chi connectivity index (χ1n) is 7.07. The summed E-state index contributed by atoms with van der Waals surface area (Å²) >= 11 is 0. The SMILES string of the molecule is Cc1cc(CCC(=O)N2CCCC(C(=O)O)CC2)n[nH]1. The molecule has 0 saturated carbocycles. The number of aryl methyl sites for hydroxylation is 2. The molecule has 0 aromatic carbocycles. The van der Waals surface area contributed by atoms with E-state index < -0.39 is 5.97 Å². The third-order valence-corrected chi connectivity index (χ3v) is 3.78. The smallest absolute Gasteiger partial charge is 0.306 e. The Balaban J connectivity index is 1.81. The molecule has 110 valence electrons. The number of nitrogens with zero attached hydrogens (tertiary/aromatic N) is 2. The zero-order valence-electron chi connectivity index (χ0n) is 11.8. The van der Waals surface area contributed by atoms with Crippen LogP contribution in [0.1, 0.15) is 37.1 Å². The highest BCUT2D eigenvalue weighted by Gasteiger charge is 2.24. The van der Waals surface area contributed by atoms with E-state index in [0.29, 0.717) is 38.8 Å². The third kappa shape index (κ3) is 3.82. The number of aromatic nitrogens is 2. The molecular weight excluding hydrogens is 258 g/mol. The van der Waals surface area contributed by atoms with Crippen LogP contribution in [0.4, 0.5) is 0 Å². The van der Waals surface area contributed by atoms with Gasteiger partial charge in [-0.05, 0) is 32.3 Å². The summed E-state index contributed by atoms with van der Waals surface area (Å²) in [5, 5.41) is 16.0. The number of carboxylic acids is 1. The van der Waals surface area contributed by atoms with E-state index in [9.17, 15) is 9.59 Å². The van der Waals surface area contributed by atoms with E-state index in [2.05, 4.69) is 10.2 Å². The Labute approximate surface area is 118 Å². The van der Waals surface area contributed by atoms with E-state index >= 15 is 0 Å². The maximum Gasteiger partial charge on any atom is 0.306 e. The van der Waals surface area contributed by atoms with E-state index in [-0.39, 0.29) is 11.8 Å². The topological polar surface area (TPSA) is 86.3 Å². The van der Waals surface area contributed by atoms with E-state index in [4.69, 9.17) is 5.11 Å². The van der Waals surface area contributed by atoms with Crippen LogP contribution in [-0.2, 0) is 16.0 Å². The first-order valence-corrected chi connectivity index (χ1v) is 7.07. The summed E-state index contributed by atoms with van der Waals surface area (Å²) in [5.41, 5.74) is 1.89. The molecule has 0 bridgehead atoms. The fourth-order valence-corrected chi connectivity index (χ4v) is 2.59. The van der Waals surface area contributed by atoms with Crippen LogP contribution in [0.3, 0.4) is 0 Å². The molecule has 0 spiro atoms. The van der Waals surface area contributed by atoms with Gasteiger partial charge in [-0.25, -0.2) is 0 Å².